The van der Waals surface area contributed by atoms with Crippen LogP contribution in [-0.4, -0.2) is 0 Å². The fourth-order valence-corrected chi connectivity index (χ4v) is 1.35. The number of hydrogen-bond donors (Lipinski definition) is 0. The second kappa shape index (κ2) is 6.81. The average Bonchev–Trinajstić information content (AvgIpc) is 2.29. The molecule has 0 atom stereocenters. The summed E-state index contributed by atoms with van der Waals surface area (Å²) >= 11 is 5.79. The zero-order valence-corrected chi connectivity index (χ0v) is 11.4. The van der Waals surface area contributed by atoms with Crippen LogP contribution in [0.2, 0.25) is 5.02 Å². The number of halogens is 2. The minimum Gasteiger partial charge on any atom is -0.222 e. The highest BCUT2D eigenvalue weighted by molar-refractivity contribution is 6.30. The quantitative estimate of drug-likeness (QED) is 0.657. The molecule has 0 aliphatic carbocycles. The zero-order valence-electron chi connectivity index (χ0n) is 9.84. The van der Waals surface area contributed by atoms with E-state index in [1.54, 1.807) is 6.26 Å². The molecular formula is C12H10Cl2O5. The smallest absolute Gasteiger partial charge is 0.222 e. The van der Waals surface area contributed by atoms with E-state index >= 15 is 0 Å². The molecule has 0 bridgehead atoms. The molecule has 0 unspecified atom stereocenters. The second-order valence-corrected chi connectivity index (χ2v) is 4.75. The highest BCUT2D eigenvalue weighted by atomic mass is 35.7. The Morgan fingerprint density at radius 3 is 1.89 bits per heavy atom. The SMILES string of the molecule is Cc1ccc(-c2ccc(Cl)cc2)[o+]c1.[O-][Cl+3]([O-])([O-])[O-]. The van der Waals surface area contributed by atoms with Crippen LogP contribution in [0.1, 0.15) is 5.56 Å². The van der Waals surface area contributed by atoms with Crippen LogP contribution >= 0.6 is 11.6 Å². The maximum atomic E-state index is 8.49. The summed E-state index contributed by atoms with van der Waals surface area (Å²) < 4.78 is 39.4. The molecular weight excluding hydrogens is 295 g/mol. The van der Waals surface area contributed by atoms with Crippen molar-refractivity contribution in [1.29, 1.82) is 0 Å². The molecule has 19 heavy (non-hydrogen) atoms. The lowest BCUT2D eigenvalue weighted by Crippen LogP contribution is -2.68. The van der Waals surface area contributed by atoms with Crippen molar-refractivity contribution in [3.8, 4) is 11.3 Å². The summed E-state index contributed by atoms with van der Waals surface area (Å²) in [5, 5.41) is 0.737. The predicted molar refractivity (Wildman–Crippen MR) is 58.3 cm³/mol. The van der Waals surface area contributed by atoms with E-state index in [2.05, 4.69) is 0 Å². The van der Waals surface area contributed by atoms with Gasteiger partial charge in [0.25, 0.3) is 0 Å². The van der Waals surface area contributed by atoms with Gasteiger partial charge in [0.1, 0.15) is 0 Å². The molecule has 2 aromatic rings. The summed E-state index contributed by atoms with van der Waals surface area (Å²) in [6.45, 7) is 2.00. The molecule has 2 rings (SSSR count). The summed E-state index contributed by atoms with van der Waals surface area (Å²) in [7, 11) is -4.94. The third-order valence-corrected chi connectivity index (χ3v) is 2.25. The van der Waals surface area contributed by atoms with Crippen molar-refractivity contribution < 1.29 is 33.3 Å². The molecule has 0 spiro atoms. The predicted octanol–water partition coefficient (Wildman–Crippen LogP) is -0.566. The standard InChI is InChI=1S/C12H10ClO.ClHO4/c1-9-2-7-12(14-8-9)10-3-5-11(13)6-4-10;2-1(3,4)5/h2-8H,1H3;(H,2,3,4,5)/q+1;/p-1. The van der Waals surface area contributed by atoms with Crippen LogP contribution in [0, 0.1) is 17.2 Å². The summed E-state index contributed by atoms with van der Waals surface area (Å²) in [6, 6.07) is 11.6. The van der Waals surface area contributed by atoms with Crippen LogP contribution in [0.4, 0.5) is 0 Å². The molecule has 0 fully saturated rings. The van der Waals surface area contributed by atoms with Crippen LogP contribution in [0.15, 0.2) is 47.1 Å². The van der Waals surface area contributed by atoms with Gasteiger partial charge < -0.3 is 0 Å². The number of hydrogen-bond acceptors (Lipinski definition) is 4. The van der Waals surface area contributed by atoms with Gasteiger partial charge in [0, 0.05) is 16.7 Å². The first-order valence-corrected chi connectivity index (χ1v) is 6.63. The van der Waals surface area contributed by atoms with Crippen LogP contribution in [0.5, 0.6) is 0 Å². The van der Waals surface area contributed by atoms with Crippen molar-refractivity contribution in [3.63, 3.8) is 0 Å². The second-order valence-electron chi connectivity index (χ2n) is 3.56. The molecule has 1 aromatic heterocycles. The van der Waals surface area contributed by atoms with Crippen molar-refractivity contribution in [3.05, 3.63) is 53.2 Å². The number of benzene rings is 1. The van der Waals surface area contributed by atoms with Crippen LogP contribution in [-0.2, 0) is 0 Å². The number of aryl methyl sites for hydroxylation is 1. The number of rotatable bonds is 1. The van der Waals surface area contributed by atoms with E-state index in [4.69, 9.17) is 34.7 Å². The third kappa shape index (κ3) is 7.07. The van der Waals surface area contributed by atoms with Gasteiger partial charge in [-0.3, -0.25) is 0 Å². The zero-order chi connectivity index (χ0) is 14.5. The Hall–Kier alpha value is -1.21. The molecule has 0 aliphatic rings. The van der Waals surface area contributed by atoms with Gasteiger partial charge in [-0.15, -0.1) is 10.2 Å². The molecule has 0 aliphatic heterocycles. The average molecular weight is 305 g/mol. The first kappa shape index (κ1) is 15.8. The summed E-state index contributed by atoms with van der Waals surface area (Å²) in [4.78, 5) is 0. The molecule has 1 heterocycles. The molecule has 1 aromatic carbocycles. The fourth-order valence-electron chi connectivity index (χ4n) is 1.22. The summed E-state index contributed by atoms with van der Waals surface area (Å²) in [5.74, 6) is 0.854. The normalized spacial score (nSPS) is 10.6. The lowest BCUT2D eigenvalue weighted by Gasteiger charge is -2.17. The van der Waals surface area contributed by atoms with Crippen molar-refractivity contribution in [1.82, 2.24) is 0 Å². The summed E-state index contributed by atoms with van der Waals surface area (Å²) in [6.07, 6.45) is 1.74. The molecule has 0 saturated heterocycles. The van der Waals surface area contributed by atoms with Crippen molar-refractivity contribution in [2.24, 2.45) is 0 Å². The van der Waals surface area contributed by atoms with Gasteiger partial charge in [-0.05, 0) is 37.3 Å². The van der Waals surface area contributed by atoms with Gasteiger partial charge in [-0.2, -0.15) is 0 Å². The molecule has 0 amide bonds. The highest BCUT2D eigenvalue weighted by Crippen LogP contribution is 2.21. The Morgan fingerprint density at radius 2 is 1.47 bits per heavy atom. The highest BCUT2D eigenvalue weighted by Gasteiger charge is 2.09. The van der Waals surface area contributed by atoms with Gasteiger partial charge in [-0.1, -0.05) is 11.6 Å². The van der Waals surface area contributed by atoms with Gasteiger partial charge in [0.2, 0.25) is 0 Å². The molecule has 102 valence electrons. The van der Waals surface area contributed by atoms with E-state index in [9.17, 15) is 0 Å². The van der Waals surface area contributed by atoms with E-state index < -0.39 is 10.2 Å². The topological polar surface area (TPSA) is 104 Å². The molecule has 5 nitrogen and oxygen atoms in total. The van der Waals surface area contributed by atoms with Gasteiger partial charge in [0.15, 0.2) is 0 Å². The monoisotopic (exact) mass is 304 g/mol. The molecule has 0 N–H and O–H groups in total. The molecule has 0 saturated carbocycles. The van der Waals surface area contributed by atoms with Crippen molar-refractivity contribution in [2.45, 2.75) is 6.92 Å². The van der Waals surface area contributed by atoms with Crippen molar-refractivity contribution >= 4 is 11.6 Å². The first-order chi connectivity index (χ1) is 8.75. The van der Waals surface area contributed by atoms with E-state index in [0.717, 1.165) is 21.9 Å². The van der Waals surface area contributed by atoms with Gasteiger partial charge in [-0.25, -0.2) is 23.1 Å². The Bertz CT molecular complexity index is 456. The van der Waals surface area contributed by atoms with Gasteiger partial charge >= 0.3 is 12.0 Å². The van der Waals surface area contributed by atoms with E-state index in [0.29, 0.717) is 0 Å². The summed E-state index contributed by atoms with van der Waals surface area (Å²) in [5.41, 5.74) is 2.15. The van der Waals surface area contributed by atoms with E-state index in [1.165, 1.54) is 0 Å². The van der Waals surface area contributed by atoms with Crippen molar-refractivity contribution in [2.75, 3.05) is 0 Å². The van der Waals surface area contributed by atoms with E-state index in [1.807, 2.05) is 43.3 Å². The Kier molecular flexibility index (Phi) is 5.68. The van der Waals surface area contributed by atoms with Crippen LogP contribution in [0.25, 0.3) is 11.3 Å². The van der Waals surface area contributed by atoms with Crippen LogP contribution < -0.4 is 18.6 Å². The Morgan fingerprint density at radius 1 is 0.947 bits per heavy atom. The third-order valence-electron chi connectivity index (χ3n) is 2.00. The van der Waals surface area contributed by atoms with Crippen LogP contribution in [0.3, 0.4) is 0 Å². The lowest BCUT2D eigenvalue weighted by atomic mass is 10.1. The minimum atomic E-state index is -4.94. The fraction of sp³-hybridized carbons (Fsp3) is 0.0833. The maximum Gasteiger partial charge on any atom is 0.359 e. The molecule has 0 radical (unpaired) electrons. The van der Waals surface area contributed by atoms with E-state index in [-0.39, 0.29) is 0 Å². The molecule has 7 heteroatoms. The Labute approximate surface area is 117 Å². The van der Waals surface area contributed by atoms with Gasteiger partial charge in [0.05, 0.1) is 5.56 Å². The lowest BCUT2D eigenvalue weighted by molar-refractivity contribution is -2.00. The maximum absolute atomic E-state index is 8.49. The largest absolute Gasteiger partial charge is 0.359 e. The first-order valence-electron chi connectivity index (χ1n) is 5.02. The Balaban J connectivity index is 0.000000312. The minimum absolute atomic E-state index is 0.737.